The molecule has 4 rings (SSSR count). The van der Waals surface area contributed by atoms with Crippen LogP contribution in [0.1, 0.15) is 6.42 Å². The lowest BCUT2D eigenvalue weighted by atomic mass is 10.1. The summed E-state index contributed by atoms with van der Waals surface area (Å²) in [6, 6.07) is 16.2. The van der Waals surface area contributed by atoms with Crippen molar-refractivity contribution in [2.75, 3.05) is 39.6 Å². The molecule has 144 valence electrons. The molecular weight excluding hydrogens is 350 g/mol. The Morgan fingerprint density at radius 1 is 1.07 bits per heavy atom. The van der Waals surface area contributed by atoms with Gasteiger partial charge in [0.15, 0.2) is 5.65 Å². The summed E-state index contributed by atoms with van der Waals surface area (Å²) in [5, 5.41) is 9.21. The Kier molecular flexibility index (Phi) is 5.12. The van der Waals surface area contributed by atoms with Gasteiger partial charge in [-0.1, -0.05) is 24.3 Å². The minimum Gasteiger partial charge on any atom is -0.497 e. The lowest BCUT2D eigenvalue weighted by molar-refractivity contribution is 0.405. The van der Waals surface area contributed by atoms with E-state index in [4.69, 9.17) is 9.72 Å². The normalized spacial score (nSPS) is 11.4. The number of hydrogen-bond donors (Lipinski definition) is 1. The van der Waals surface area contributed by atoms with Gasteiger partial charge in [0.1, 0.15) is 11.6 Å². The highest BCUT2D eigenvalue weighted by Gasteiger charge is 2.14. The first-order valence-electron chi connectivity index (χ1n) is 9.47. The number of rotatable bonds is 7. The molecule has 0 aliphatic heterocycles. The molecule has 6 nitrogen and oxygen atoms in total. The highest BCUT2D eigenvalue weighted by atomic mass is 16.5. The van der Waals surface area contributed by atoms with Crippen molar-refractivity contribution >= 4 is 22.4 Å². The Morgan fingerprint density at radius 3 is 2.61 bits per heavy atom. The van der Waals surface area contributed by atoms with Gasteiger partial charge in [-0.05, 0) is 56.9 Å². The van der Waals surface area contributed by atoms with Gasteiger partial charge < -0.3 is 15.0 Å². The standard InChI is InChI=1S/C22H25N5O/c1-26(2)14-6-13-23-21-18-7-4-5-8-20(18)27-22(25-21)19(15-24-27)16-9-11-17(28-3)12-10-16/h4-5,7-12,15H,6,13-14H2,1-3H3,(H,23,25). The molecule has 2 heterocycles. The van der Waals surface area contributed by atoms with Gasteiger partial charge in [-0.3, -0.25) is 0 Å². The first kappa shape index (κ1) is 18.3. The van der Waals surface area contributed by atoms with E-state index in [-0.39, 0.29) is 0 Å². The van der Waals surface area contributed by atoms with Crippen LogP contribution in [0, 0.1) is 0 Å². The van der Waals surface area contributed by atoms with E-state index in [1.54, 1.807) is 7.11 Å². The van der Waals surface area contributed by atoms with Gasteiger partial charge in [0, 0.05) is 17.5 Å². The Balaban J connectivity index is 1.77. The average molecular weight is 375 g/mol. The number of aromatic nitrogens is 3. The number of nitrogens with one attached hydrogen (secondary N) is 1. The number of ether oxygens (including phenoxy) is 1. The molecular formula is C22H25N5O. The van der Waals surface area contributed by atoms with E-state index in [0.717, 1.165) is 58.8 Å². The predicted octanol–water partition coefficient (Wildman–Crippen LogP) is 3.92. The molecule has 0 atom stereocenters. The van der Waals surface area contributed by atoms with Gasteiger partial charge in [0.2, 0.25) is 0 Å². The maximum absolute atomic E-state index is 5.27. The van der Waals surface area contributed by atoms with Gasteiger partial charge in [-0.2, -0.15) is 5.10 Å². The van der Waals surface area contributed by atoms with E-state index in [2.05, 4.69) is 41.5 Å². The van der Waals surface area contributed by atoms with Crippen LogP contribution < -0.4 is 10.1 Å². The molecule has 1 N–H and O–H groups in total. The highest BCUT2D eigenvalue weighted by Crippen LogP contribution is 2.30. The number of nitrogens with zero attached hydrogens (tertiary/aromatic N) is 4. The smallest absolute Gasteiger partial charge is 0.165 e. The van der Waals surface area contributed by atoms with Gasteiger partial charge in [-0.25, -0.2) is 9.50 Å². The molecule has 0 radical (unpaired) electrons. The maximum atomic E-state index is 5.27. The molecule has 6 heteroatoms. The third-order valence-electron chi connectivity index (χ3n) is 4.82. The van der Waals surface area contributed by atoms with Crippen molar-refractivity contribution in [3.63, 3.8) is 0 Å². The van der Waals surface area contributed by atoms with Crippen LogP contribution in [0.3, 0.4) is 0 Å². The molecule has 4 aromatic rings. The van der Waals surface area contributed by atoms with Gasteiger partial charge in [-0.15, -0.1) is 0 Å². The fourth-order valence-electron chi connectivity index (χ4n) is 3.36. The summed E-state index contributed by atoms with van der Waals surface area (Å²) in [5.74, 6) is 1.74. The summed E-state index contributed by atoms with van der Waals surface area (Å²) in [6.07, 6.45) is 2.94. The second kappa shape index (κ2) is 7.86. The molecule has 0 spiro atoms. The molecule has 0 aliphatic rings. The third-order valence-corrected chi connectivity index (χ3v) is 4.82. The molecule has 0 bridgehead atoms. The van der Waals surface area contributed by atoms with E-state index >= 15 is 0 Å². The number of benzene rings is 2. The Bertz CT molecular complexity index is 1090. The topological polar surface area (TPSA) is 54.7 Å². The second-order valence-electron chi connectivity index (χ2n) is 7.08. The molecule has 0 saturated carbocycles. The molecule has 0 aliphatic carbocycles. The molecule has 0 fully saturated rings. The summed E-state index contributed by atoms with van der Waals surface area (Å²) < 4.78 is 7.19. The summed E-state index contributed by atoms with van der Waals surface area (Å²) in [5.41, 5.74) is 3.96. The van der Waals surface area contributed by atoms with Crippen LogP contribution in [0.25, 0.3) is 27.7 Å². The zero-order valence-electron chi connectivity index (χ0n) is 16.5. The van der Waals surface area contributed by atoms with Gasteiger partial charge in [0.05, 0.1) is 18.8 Å². The van der Waals surface area contributed by atoms with E-state index in [0.29, 0.717) is 0 Å². The highest BCUT2D eigenvalue weighted by molar-refractivity contribution is 5.93. The largest absolute Gasteiger partial charge is 0.497 e. The molecule has 2 aromatic heterocycles. The number of para-hydroxylation sites is 1. The van der Waals surface area contributed by atoms with Crippen LogP contribution in [-0.4, -0.2) is 53.8 Å². The Morgan fingerprint density at radius 2 is 1.86 bits per heavy atom. The third kappa shape index (κ3) is 3.51. The zero-order valence-corrected chi connectivity index (χ0v) is 16.5. The van der Waals surface area contributed by atoms with Crippen LogP contribution in [0.4, 0.5) is 5.82 Å². The number of hydrogen-bond acceptors (Lipinski definition) is 5. The first-order chi connectivity index (χ1) is 13.7. The molecule has 0 amide bonds. The molecule has 0 unspecified atom stereocenters. The van der Waals surface area contributed by atoms with Gasteiger partial charge >= 0.3 is 0 Å². The summed E-state index contributed by atoms with van der Waals surface area (Å²) >= 11 is 0. The number of methoxy groups -OCH3 is 1. The molecule has 0 saturated heterocycles. The fraction of sp³-hybridized carbons (Fsp3) is 0.273. The SMILES string of the molecule is COc1ccc(-c2cnn3c2nc(NCCCN(C)C)c2ccccc23)cc1. The van der Waals surface area contributed by atoms with Crippen molar-refractivity contribution in [3.8, 4) is 16.9 Å². The van der Waals surface area contributed by atoms with Crippen LogP contribution in [0.5, 0.6) is 5.75 Å². The zero-order chi connectivity index (χ0) is 19.5. The van der Waals surface area contributed by atoms with Crippen LogP contribution in [0.15, 0.2) is 54.7 Å². The fourth-order valence-corrected chi connectivity index (χ4v) is 3.36. The van der Waals surface area contributed by atoms with Crippen molar-refractivity contribution in [3.05, 3.63) is 54.7 Å². The van der Waals surface area contributed by atoms with E-state index in [9.17, 15) is 0 Å². The van der Waals surface area contributed by atoms with Crippen LogP contribution >= 0.6 is 0 Å². The van der Waals surface area contributed by atoms with Crippen molar-refractivity contribution in [1.82, 2.24) is 19.5 Å². The lowest BCUT2D eigenvalue weighted by Crippen LogP contribution is -2.17. The lowest BCUT2D eigenvalue weighted by Gasteiger charge is -2.13. The average Bonchev–Trinajstić information content (AvgIpc) is 3.15. The summed E-state index contributed by atoms with van der Waals surface area (Å²) in [7, 11) is 5.85. The van der Waals surface area contributed by atoms with Crippen molar-refractivity contribution in [2.24, 2.45) is 0 Å². The molecule has 28 heavy (non-hydrogen) atoms. The van der Waals surface area contributed by atoms with Gasteiger partial charge in [0.25, 0.3) is 0 Å². The minimum absolute atomic E-state index is 0.835. The quantitative estimate of drug-likeness (QED) is 0.496. The van der Waals surface area contributed by atoms with Crippen LogP contribution in [-0.2, 0) is 0 Å². The Labute approximate surface area is 164 Å². The van der Waals surface area contributed by atoms with Crippen LogP contribution in [0.2, 0.25) is 0 Å². The summed E-state index contributed by atoms with van der Waals surface area (Å²) in [4.78, 5) is 7.13. The summed E-state index contributed by atoms with van der Waals surface area (Å²) in [6.45, 7) is 1.91. The molecule has 2 aromatic carbocycles. The van der Waals surface area contributed by atoms with E-state index in [1.165, 1.54) is 0 Å². The second-order valence-corrected chi connectivity index (χ2v) is 7.08. The van der Waals surface area contributed by atoms with E-state index in [1.807, 2.05) is 47.1 Å². The van der Waals surface area contributed by atoms with E-state index < -0.39 is 0 Å². The predicted molar refractivity (Wildman–Crippen MR) is 114 cm³/mol. The Hall–Kier alpha value is -3.12. The van der Waals surface area contributed by atoms with Crippen molar-refractivity contribution < 1.29 is 4.74 Å². The van der Waals surface area contributed by atoms with Crippen molar-refractivity contribution in [2.45, 2.75) is 6.42 Å². The number of fused-ring (bicyclic) bond motifs is 3. The number of anilines is 1. The minimum atomic E-state index is 0.835. The maximum Gasteiger partial charge on any atom is 0.165 e. The van der Waals surface area contributed by atoms with Crippen molar-refractivity contribution in [1.29, 1.82) is 0 Å². The monoisotopic (exact) mass is 375 g/mol. The first-order valence-corrected chi connectivity index (χ1v) is 9.47.